The molecule has 27 heavy (non-hydrogen) atoms. The molecule has 2 amide bonds. The summed E-state index contributed by atoms with van der Waals surface area (Å²) in [6.07, 6.45) is 2.42. The molecule has 0 atom stereocenters. The zero-order valence-corrected chi connectivity index (χ0v) is 15.2. The Hall–Kier alpha value is -3.34. The predicted molar refractivity (Wildman–Crippen MR) is 104 cm³/mol. The van der Waals surface area contributed by atoms with E-state index in [0.29, 0.717) is 12.0 Å². The summed E-state index contributed by atoms with van der Waals surface area (Å²) in [6.45, 7) is 4.13. The first kappa shape index (κ1) is 17.1. The molecule has 0 bridgehead atoms. The van der Waals surface area contributed by atoms with Crippen LogP contribution in [-0.4, -0.2) is 33.3 Å². The first-order chi connectivity index (χ1) is 13.0. The van der Waals surface area contributed by atoms with Crippen molar-refractivity contribution in [3.8, 4) is 0 Å². The highest BCUT2D eigenvalue weighted by Crippen LogP contribution is 2.29. The molecular formula is C22H20N2O3. The van der Waals surface area contributed by atoms with Crippen molar-refractivity contribution < 1.29 is 14.7 Å². The Morgan fingerprint density at radius 3 is 2.56 bits per heavy atom. The number of aliphatic hydroxyl groups is 1. The largest absolute Gasteiger partial charge is 0.502 e. The van der Waals surface area contributed by atoms with Crippen molar-refractivity contribution in [2.24, 2.45) is 0 Å². The third-order valence-corrected chi connectivity index (χ3v) is 5.22. The number of carbonyl (C=O) groups is 2. The van der Waals surface area contributed by atoms with E-state index in [2.05, 4.69) is 4.98 Å². The van der Waals surface area contributed by atoms with Crippen LogP contribution in [0.1, 0.15) is 22.3 Å². The summed E-state index contributed by atoms with van der Waals surface area (Å²) in [5, 5.41) is 11.4. The molecule has 5 heteroatoms. The summed E-state index contributed by atoms with van der Waals surface area (Å²) < 4.78 is 0. The van der Waals surface area contributed by atoms with Crippen LogP contribution in [0.4, 0.5) is 0 Å². The lowest BCUT2D eigenvalue weighted by Gasteiger charge is -2.14. The van der Waals surface area contributed by atoms with Crippen molar-refractivity contribution in [1.82, 2.24) is 9.88 Å². The zero-order valence-electron chi connectivity index (χ0n) is 15.2. The van der Waals surface area contributed by atoms with Crippen molar-refractivity contribution in [1.29, 1.82) is 0 Å². The number of aliphatic hydroxyl groups excluding tert-OH is 1. The summed E-state index contributed by atoms with van der Waals surface area (Å²) in [5.41, 5.74) is 4.80. The Bertz CT molecular complexity index is 1110. The van der Waals surface area contributed by atoms with E-state index >= 15 is 0 Å². The van der Waals surface area contributed by atoms with E-state index in [1.54, 1.807) is 6.07 Å². The van der Waals surface area contributed by atoms with Crippen molar-refractivity contribution in [3.05, 3.63) is 76.7 Å². The number of nitrogens with zero attached hydrogens (tertiary/aromatic N) is 1. The van der Waals surface area contributed by atoms with Crippen LogP contribution in [0.3, 0.4) is 0 Å². The van der Waals surface area contributed by atoms with Gasteiger partial charge in [-0.05, 0) is 48.6 Å². The highest BCUT2D eigenvalue weighted by atomic mass is 16.3. The number of rotatable bonds is 4. The van der Waals surface area contributed by atoms with Gasteiger partial charge in [-0.25, -0.2) is 0 Å². The van der Waals surface area contributed by atoms with Gasteiger partial charge in [-0.3, -0.25) is 14.5 Å². The maximum absolute atomic E-state index is 12.8. The van der Waals surface area contributed by atoms with Crippen molar-refractivity contribution in [3.63, 3.8) is 0 Å². The van der Waals surface area contributed by atoms with Crippen molar-refractivity contribution >= 4 is 28.3 Å². The highest BCUT2D eigenvalue weighted by molar-refractivity contribution is 6.34. The monoisotopic (exact) mass is 360 g/mol. The van der Waals surface area contributed by atoms with Gasteiger partial charge in [0.05, 0.1) is 5.57 Å². The van der Waals surface area contributed by atoms with E-state index in [9.17, 15) is 14.7 Å². The normalized spacial score (nSPS) is 14.7. The Kier molecular flexibility index (Phi) is 4.07. The zero-order chi connectivity index (χ0) is 19.1. The van der Waals surface area contributed by atoms with Crippen LogP contribution in [0, 0.1) is 13.8 Å². The number of para-hydroxylation sites is 1. The standard InChI is InChI=1S/C22H20N2O3/c1-13-7-8-15(11-14(13)2)19-20(25)22(27)24(21(19)26)10-9-16-12-23-18-6-4-3-5-17(16)18/h3-8,11-12,23,25H,9-10H2,1-2H3. The predicted octanol–water partition coefficient (Wildman–Crippen LogP) is 3.67. The van der Waals surface area contributed by atoms with Crippen LogP contribution in [0.15, 0.2) is 54.4 Å². The molecule has 0 radical (unpaired) electrons. The molecule has 0 saturated heterocycles. The van der Waals surface area contributed by atoms with E-state index in [-0.39, 0.29) is 12.1 Å². The fourth-order valence-corrected chi connectivity index (χ4v) is 3.49. The summed E-state index contributed by atoms with van der Waals surface area (Å²) in [4.78, 5) is 29.6. The van der Waals surface area contributed by atoms with Crippen LogP contribution < -0.4 is 0 Å². The number of nitrogens with one attached hydrogen (secondary N) is 1. The number of hydrogen-bond donors (Lipinski definition) is 2. The molecule has 4 rings (SSSR count). The Morgan fingerprint density at radius 1 is 1.00 bits per heavy atom. The molecule has 0 spiro atoms. The van der Waals surface area contributed by atoms with Crippen LogP contribution in [0.25, 0.3) is 16.5 Å². The van der Waals surface area contributed by atoms with Gasteiger partial charge >= 0.3 is 0 Å². The van der Waals surface area contributed by atoms with Gasteiger partial charge in [0.1, 0.15) is 0 Å². The number of H-pyrrole nitrogens is 1. The maximum atomic E-state index is 12.8. The number of carbonyl (C=O) groups excluding carboxylic acids is 2. The van der Waals surface area contributed by atoms with Gasteiger partial charge in [-0.15, -0.1) is 0 Å². The number of hydrogen-bond acceptors (Lipinski definition) is 3. The number of aromatic nitrogens is 1. The topological polar surface area (TPSA) is 73.4 Å². The Balaban J connectivity index is 1.58. The van der Waals surface area contributed by atoms with Gasteiger partial charge < -0.3 is 10.1 Å². The molecule has 2 aromatic carbocycles. The third kappa shape index (κ3) is 2.81. The average molecular weight is 360 g/mol. The second kappa shape index (κ2) is 6.43. The summed E-state index contributed by atoms with van der Waals surface area (Å²) in [5.74, 6) is -1.55. The average Bonchev–Trinajstić information content (AvgIpc) is 3.16. The molecule has 3 aromatic rings. The SMILES string of the molecule is Cc1ccc(C2=C(O)C(=O)N(CCc3c[nH]c4ccccc34)C2=O)cc1C. The second-order valence-corrected chi connectivity index (χ2v) is 6.89. The van der Waals surface area contributed by atoms with E-state index in [4.69, 9.17) is 0 Å². The molecule has 5 nitrogen and oxygen atoms in total. The van der Waals surface area contributed by atoms with Gasteiger partial charge in [-0.2, -0.15) is 0 Å². The minimum Gasteiger partial charge on any atom is -0.502 e. The molecule has 1 aliphatic heterocycles. The van der Waals surface area contributed by atoms with E-state index < -0.39 is 17.6 Å². The van der Waals surface area contributed by atoms with Crippen LogP contribution in [0.2, 0.25) is 0 Å². The lowest BCUT2D eigenvalue weighted by Crippen LogP contribution is -2.33. The molecule has 1 aromatic heterocycles. The van der Waals surface area contributed by atoms with E-state index in [0.717, 1.165) is 32.5 Å². The number of benzene rings is 2. The van der Waals surface area contributed by atoms with Crippen LogP contribution in [0.5, 0.6) is 0 Å². The second-order valence-electron chi connectivity index (χ2n) is 6.89. The number of fused-ring (bicyclic) bond motifs is 1. The number of aryl methyl sites for hydroxylation is 2. The van der Waals surface area contributed by atoms with Gasteiger partial charge in [-0.1, -0.05) is 36.4 Å². The smallest absolute Gasteiger partial charge is 0.296 e. The molecule has 2 N–H and O–H groups in total. The van der Waals surface area contributed by atoms with Gasteiger partial charge in [0.2, 0.25) is 0 Å². The van der Waals surface area contributed by atoms with E-state index in [1.807, 2.05) is 56.4 Å². The van der Waals surface area contributed by atoms with Crippen LogP contribution in [-0.2, 0) is 16.0 Å². The molecule has 0 saturated carbocycles. The minimum absolute atomic E-state index is 0.0852. The minimum atomic E-state index is -0.631. The summed E-state index contributed by atoms with van der Waals surface area (Å²) in [6, 6.07) is 13.4. The van der Waals surface area contributed by atoms with Gasteiger partial charge in [0, 0.05) is 23.6 Å². The first-order valence-electron chi connectivity index (χ1n) is 8.89. The number of imide groups is 1. The maximum Gasteiger partial charge on any atom is 0.296 e. The number of aromatic amines is 1. The van der Waals surface area contributed by atoms with E-state index in [1.165, 1.54) is 0 Å². The van der Waals surface area contributed by atoms with Crippen LogP contribution >= 0.6 is 0 Å². The molecule has 0 unspecified atom stereocenters. The fraction of sp³-hybridized carbons (Fsp3) is 0.182. The first-order valence-corrected chi connectivity index (χ1v) is 8.89. The third-order valence-electron chi connectivity index (χ3n) is 5.22. The lowest BCUT2D eigenvalue weighted by molar-refractivity contribution is -0.138. The Morgan fingerprint density at radius 2 is 1.78 bits per heavy atom. The number of amides is 2. The van der Waals surface area contributed by atoms with Gasteiger partial charge in [0.25, 0.3) is 11.8 Å². The fourth-order valence-electron chi connectivity index (χ4n) is 3.49. The highest BCUT2D eigenvalue weighted by Gasteiger charge is 2.39. The molecule has 1 aliphatic rings. The molecule has 0 fully saturated rings. The van der Waals surface area contributed by atoms with Crippen molar-refractivity contribution in [2.75, 3.05) is 6.54 Å². The summed E-state index contributed by atoms with van der Waals surface area (Å²) in [7, 11) is 0. The lowest BCUT2D eigenvalue weighted by atomic mass is 10.00. The summed E-state index contributed by atoms with van der Waals surface area (Å²) >= 11 is 0. The Labute approximate surface area is 156 Å². The molecule has 0 aliphatic carbocycles. The van der Waals surface area contributed by atoms with Crippen molar-refractivity contribution in [2.45, 2.75) is 20.3 Å². The molecule has 136 valence electrons. The molecular weight excluding hydrogens is 340 g/mol. The van der Waals surface area contributed by atoms with Gasteiger partial charge in [0.15, 0.2) is 5.76 Å². The molecule has 2 heterocycles. The quantitative estimate of drug-likeness (QED) is 0.697.